The van der Waals surface area contributed by atoms with E-state index in [-0.39, 0.29) is 0 Å². The normalized spacial score (nSPS) is 26.9. The molecule has 16 heavy (non-hydrogen) atoms. The first-order valence-electron chi connectivity index (χ1n) is 6.47. The lowest BCUT2D eigenvalue weighted by Gasteiger charge is -2.19. The van der Waals surface area contributed by atoms with E-state index >= 15 is 0 Å². The monoisotopic (exact) mass is 221 g/mol. The summed E-state index contributed by atoms with van der Waals surface area (Å²) < 4.78 is 2.02. The fraction of sp³-hybridized carbons (Fsp3) is 0.769. The van der Waals surface area contributed by atoms with Crippen molar-refractivity contribution in [3.8, 4) is 0 Å². The maximum atomic E-state index is 5.92. The molecule has 1 heterocycles. The largest absolute Gasteiger partial charge is 0.384 e. The summed E-state index contributed by atoms with van der Waals surface area (Å²) in [6.45, 7) is 4.68. The molecule has 0 bridgehead atoms. The van der Waals surface area contributed by atoms with Gasteiger partial charge in [-0.2, -0.15) is 5.10 Å². The summed E-state index contributed by atoms with van der Waals surface area (Å²) in [5.74, 6) is 2.52. The molecule has 0 aromatic carbocycles. The molecule has 0 spiro atoms. The Bertz CT molecular complexity index is 330. The molecular weight excluding hydrogens is 198 g/mol. The van der Waals surface area contributed by atoms with Gasteiger partial charge in [-0.25, -0.2) is 4.68 Å². The number of nitrogens with two attached hydrogens (primary N) is 1. The van der Waals surface area contributed by atoms with Gasteiger partial charge in [-0.3, -0.25) is 0 Å². The molecule has 1 aliphatic carbocycles. The van der Waals surface area contributed by atoms with Crippen molar-refractivity contribution in [3.05, 3.63) is 12.3 Å². The van der Waals surface area contributed by atoms with Crippen molar-refractivity contribution in [2.75, 3.05) is 5.73 Å². The molecule has 0 amide bonds. The van der Waals surface area contributed by atoms with Crippen molar-refractivity contribution in [2.45, 2.75) is 52.0 Å². The average Bonchev–Trinajstić information content (AvgIpc) is 2.54. The van der Waals surface area contributed by atoms with Crippen LogP contribution < -0.4 is 5.73 Å². The Labute approximate surface area is 98.0 Å². The molecule has 0 aliphatic heterocycles. The molecule has 2 rings (SSSR count). The molecule has 2 N–H and O–H groups in total. The summed E-state index contributed by atoms with van der Waals surface area (Å²) in [5, 5.41) is 4.34. The molecule has 1 aromatic rings. The molecule has 2 atom stereocenters. The van der Waals surface area contributed by atoms with E-state index in [0.29, 0.717) is 6.04 Å². The first-order valence-corrected chi connectivity index (χ1v) is 6.47. The van der Waals surface area contributed by atoms with Crippen LogP contribution in [0.3, 0.4) is 0 Å². The Morgan fingerprint density at radius 1 is 1.31 bits per heavy atom. The number of nitrogen functional groups attached to an aromatic ring is 1. The summed E-state index contributed by atoms with van der Waals surface area (Å²) in [6, 6.07) is 2.42. The van der Waals surface area contributed by atoms with Crippen LogP contribution >= 0.6 is 0 Å². The Kier molecular flexibility index (Phi) is 3.52. The maximum Gasteiger partial charge on any atom is 0.121 e. The van der Waals surface area contributed by atoms with Gasteiger partial charge in [0, 0.05) is 0 Å². The lowest BCUT2D eigenvalue weighted by Crippen LogP contribution is -2.13. The Hall–Kier alpha value is -0.990. The van der Waals surface area contributed by atoms with E-state index in [1.807, 2.05) is 10.7 Å². The number of hydrogen-bond acceptors (Lipinski definition) is 2. The van der Waals surface area contributed by atoms with Crippen LogP contribution in [0.4, 0.5) is 5.82 Å². The van der Waals surface area contributed by atoms with E-state index < -0.39 is 0 Å². The van der Waals surface area contributed by atoms with Gasteiger partial charge < -0.3 is 5.73 Å². The first kappa shape index (κ1) is 11.5. The highest BCUT2D eigenvalue weighted by Gasteiger charge is 2.22. The standard InChI is InChI=1S/C13H23N3/c1-10(2)11-4-3-5-12(7-6-11)16-13(14)8-9-15-16/h8-12H,3-7,14H2,1-2H3. The summed E-state index contributed by atoms with van der Waals surface area (Å²) in [4.78, 5) is 0. The van der Waals surface area contributed by atoms with Gasteiger partial charge in [-0.05, 0) is 37.2 Å². The van der Waals surface area contributed by atoms with Crippen LogP contribution in [0.5, 0.6) is 0 Å². The minimum Gasteiger partial charge on any atom is -0.384 e. The van der Waals surface area contributed by atoms with Crippen LogP contribution in [0.2, 0.25) is 0 Å². The Morgan fingerprint density at radius 3 is 2.75 bits per heavy atom. The molecule has 1 aromatic heterocycles. The Balaban J connectivity index is 2.02. The minimum atomic E-state index is 0.527. The highest BCUT2D eigenvalue weighted by atomic mass is 15.3. The number of hydrogen-bond donors (Lipinski definition) is 1. The highest BCUT2D eigenvalue weighted by Crippen LogP contribution is 2.34. The van der Waals surface area contributed by atoms with E-state index in [1.165, 1.54) is 32.1 Å². The van der Waals surface area contributed by atoms with Crippen LogP contribution in [-0.4, -0.2) is 9.78 Å². The smallest absolute Gasteiger partial charge is 0.121 e. The van der Waals surface area contributed by atoms with Crippen molar-refractivity contribution < 1.29 is 0 Å². The van der Waals surface area contributed by atoms with Gasteiger partial charge in [0.15, 0.2) is 0 Å². The molecule has 1 aliphatic rings. The van der Waals surface area contributed by atoms with Crippen molar-refractivity contribution >= 4 is 5.82 Å². The van der Waals surface area contributed by atoms with Gasteiger partial charge in [0.2, 0.25) is 0 Å². The summed E-state index contributed by atoms with van der Waals surface area (Å²) >= 11 is 0. The molecule has 2 unspecified atom stereocenters. The summed E-state index contributed by atoms with van der Waals surface area (Å²) in [7, 11) is 0. The zero-order valence-electron chi connectivity index (χ0n) is 10.4. The van der Waals surface area contributed by atoms with Gasteiger partial charge in [0.25, 0.3) is 0 Å². The quantitative estimate of drug-likeness (QED) is 0.779. The zero-order valence-corrected chi connectivity index (χ0v) is 10.4. The molecule has 0 radical (unpaired) electrons. The molecule has 1 saturated carbocycles. The predicted octanol–water partition coefficient (Wildman–Crippen LogP) is 3.24. The second kappa shape index (κ2) is 4.89. The molecule has 90 valence electrons. The summed E-state index contributed by atoms with van der Waals surface area (Å²) in [5.41, 5.74) is 5.92. The second-order valence-corrected chi connectivity index (χ2v) is 5.37. The van der Waals surface area contributed by atoms with E-state index in [1.54, 1.807) is 6.20 Å². The van der Waals surface area contributed by atoms with Gasteiger partial charge in [-0.15, -0.1) is 0 Å². The van der Waals surface area contributed by atoms with Crippen molar-refractivity contribution in [1.82, 2.24) is 9.78 Å². The van der Waals surface area contributed by atoms with Crippen LogP contribution in [-0.2, 0) is 0 Å². The fourth-order valence-corrected chi connectivity index (χ4v) is 2.85. The fourth-order valence-electron chi connectivity index (χ4n) is 2.85. The third-order valence-corrected chi connectivity index (χ3v) is 3.97. The average molecular weight is 221 g/mol. The van der Waals surface area contributed by atoms with Gasteiger partial charge in [0.05, 0.1) is 12.2 Å². The van der Waals surface area contributed by atoms with Crippen molar-refractivity contribution in [1.29, 1.82) is 0 Å². The SMILES string of the molecule is CC(C)C1CCCC(n2nccc2N)CC1. The van der Waals surface area contributed by atoms with Crippen molar-refractivity contribution in [2.24, 2.45) is 11.8 Å². The first-order chi connectivity index (χ1) is 7.68. The molecule has 3 nitrogen and oxygen atoms in total. The number of rotatable bonds is 2. The maximum absolute atomic E-state index is 5.92. The van der Waals surface area contributed by atoms with Crippen LogP contribution in [0.15, 0.2) is 12.3 Å². The van der Waals surface area contributed by atoms with Crippen molar-refractivity contribution in [3.63, 3.8) is 0 Å². The van der Waals surface area contributed by atoms with Gasteiger partial charge in [-0.1, -0.05) is 26.7 Å². The van der Waals surface area contributed by atoms with E-state index in [4.69, 9.17) is 5.73 Å². The van der Waals surface area contributed by atoms with E-state index in [9.17, 15) is 0 Å². The molecule has 0 saturated heterocycles. The Morgan fingerprint density at radius 2 is 2.12 bits per heavy atom. The van der Waals surface area contributed by atoms with Crippen LogP contribution in [0.1, 0.15) is 52.0 Å². The second-order valence-electron chi connectivity index (χ2n) is 5.37. The minimum absolute atomic E-state index is 0.527. The van der Waals surface area contributed by atoms with E-state index in [2.05, 4.69) is 18.9 Å². The van der Waals surface area contributed by atoms with Gasteiger partial charge in [0.1, 0.15) is 5.82 Å². The van der Waals surface area contributed by atoms with Crippen LogP contribution in [0.25, 0.3) is 0 Å². The topological polar surface area (TPSA) is 43.8 Å². The number of anilines is 1. The number of nitrogens with zero attached hydrogens (tertiary/aromatic N) is 2. The summed E-state index contributed by atoms with van der Waals surface area (Å²) in [6.07, 6.45) is 8.27. The zero-order chi connectivity index (χ0) is 11.5. The third-order valence-electron chi connectivity index (χ3n) is 3.97. The van der Waals surface area contributed by atoms with Gasteiger partial charge >= 0.3 is 0 Å². The third kappa shape index (κ3) is 2.39. The highest BCUT2D eigenvalue weighted by molar-refractivity contribution is 5.26. The molecule has 1 fully saturated rings. The lowest BCUT2D eigenvalue weighted by atomic mass is 9.89. The lowest BCUT2D eigenvalue weighted by molar-refractivity contribution is 0.332. The molecular formula is C13H23N3. The van der Waals surface area contributed by atoms with Crippen LogP contribution in [0, 0.1) is 11.8 Å². The number of aromatic nitrogens is 2. The predicted molar refractivity (Wildman–Crippen MR) is 67.1 cm³/mol. The van der Waals surface area contributed by atoms with E-state index in [0.717, 1.165) is 17.7 Å². The molecule has 3 heteroatoms.